The topological polar surface area (TPSA) is 64.2 Å². The van der Waals surface area contributed by atoms with Crippen LogP contribution in [-0.2, 0) is 7.05 Å². The Morgan fingerprint density at radius 3 is 3.00 bits per heavy atom. The smallest absolute Gasteiger partial charge is 0.293 e. The molecule has 3 rings (SSSR count). The Morgan fingerprint density at radius 1 is 1.50 bits per heavy atom. The maximum Gasteiger partial charge on any atom is 0.293 e. The van der Waals surface area contributed by atoms with Crippen molar-refractivity contribution >= 4 is 22.3 Å². The summed E-state index contributed by atoms with van der Waals surface area (Å²) in [6.07, 6.45) is 2.04. The van der Waals surface area contributed by atoms with Crippen molar-refractivity contribution < 1.29 is 9.31 Å². The first kappa shape index (κ1) is 12.8. The van der Waals surface area contributed by atoms with Gasteiger partial charge in [0, 0.05) is 37.8 Å². The number of benzene rings is 1. The van der Waals surface area contributed by atoms with Crippen LogP contribution in [0.2, 0.25) is 0 Å². The van der Waals surface area contributed by atoms with Crippen LogP contribution in [-0.4, -0.2) is 34.0 Å². The van der Waals surface area contributed by atoms with E-state index in [0.29, 0.717) is 30.6 Å². The molecule has 0 N–H and O–H groups in total. The molecule has 0 radical (unpaired) electrons. The van der Waals surface area contributed by atoms with Crippen molar-refractivity contribution in [2.45, 2.75) is 19.0 Å². The van der Waals surface area contributed by atoms with E-state index in [-0.39, 0.29) is 12.2 Å². The van der Waals surface area contributed by atoms with Crippen LogP contribution in [0.1, 0.15) is 12.8 Å². The molecule has 0 bridgehead atoms. The number of nitro benzene ring substituents is 1. The molecule has 0 saturated carbocycles. The fourth-order valence-electron chi connectivity index (χ4n) is 2.72. The predicted octanol–water partition coefficient (Wildman–Crippen LogP) is 2.42. The zero-order valence-electron chi connectivity index (χ0n) is 11.1. The summed E-state index contributed by atoms with van der Waals surface area (Å²) in [4.78, 5) is 12.6. The van der Waals surface area contributed by atoms with E-state index >= 15 is 0 Å². The third kappa shape index (κ3) is 2.19. The molecular weight excluding hydrogens is 263 g/mol. The van der Waals surface area contributed by atoms with Crippen molar-refractivity contribution in [3.63, 3.8) is 0 Å². The Labute approximate surface area is 114 Å². The van der Waals surface area contributed by atoms with Gasteiger partial charge in [-0.1, -0.05) is 0 Å². The number of piperidine rings is 1. The molecule has 20 heavy (non-hydrogen) atoms. The standard InChI is InChI=1S/C13H15FN4O2/c1-16-7-9-5-13(18(19)20)12(6-11(9)15-16)17-4-2-3-10(14)8-17/h5-7,10H,2-4,8H2,1H3. The largest absolute Gasteiger partial charge is 0.363 e. The molecule has 106 valence electrons. The molecule has 2 aromatic rings. The highest BCUT2D eigenvalue weighted by Crippen LogP contribution is 2.34. The number of aryl methyl sites for hydroxylation is 1. The number of halogens is 1. The number of nitro groups is 1. The van der Waals surface area contributed by atoms with Crippen LogP contribution in [0.25, 0.3) is 10.9 Å². The van der Waals surface area contributed by atoms with Gasteiger partial charge in [0.15, 0.2) is 0 Å². The summed E-state index contributed by atoms with van der Waals surface area (Å²) >= 11 is 0. The van der Waals surface area contributed by atoms with Gasteiger partial charge in [-0.05, 0) is 18.9 Å². The second-order valence-corrected chi connectivity index (χ2v) is 5.15. The zero-order valence-corrected chi connectivity index (χ0v) is 11.1. The minimum atomic E-state index is -0.928. The van der Waals surface area contributed by atoms with Crippen LogP contribution < -0.4 is 4.90 Å². The van der Waals surface area contributed by atoms with Gasteiger partial charge in [0.2, 0.25) is 0 Å². The normalized spacial score (nSPS) is 19.5. The number of alkyl halides is 1. The monoisotopic (exact) mass is 278 g/mol. The molecular formula is C13H15FN4O2. The quantitative estimate of drug-likeness (QED) is 0.625. The van der Waals surface area contributed by atoms with Crippen LogP contribution in [0.5, 0.6) is 0 Å². The Hall–Kier alpha value is -2.18. The van der Waals surface area contributed by atoms with Gasteiger partial charge in [-0.3, -0.25) is 14.8 Å². The van der Waals surface area contributed by atoms with Gasteiger partial charge in [0.25, 0.3) is 5.69 Å². The van der Waals surface area contributed by atoms with Gasteiger partial charge < -0.3 is 4.90 Å². The van der Waals surface area contributed by atoms with E-state index in [9.17, 15) is 14.5 Å². The lowest BCUT2D eigenvalue weighted by molar-refractivity contribution is -0.384. The van der Waals surface area contributed by atoms with Gasteiger partial charge in [-0.15, -0.1) is 0 Å². The summed E-state index contributed by atoms with van der Waals surface area (Å²) in [5.74, 6) is 0. The third-order valence-electron chi connectivity index (χ3n) is 3.62. The molecule has 6 nitrogen and oxygen atoms in total. The second-order valence-electron chi connectivity index (χ2n) is 5.15. The first-order valence-electron chi connectivity index (χ1n) is 6.55. The van der Waals surface area contributed by atoms with Crippen LogP contribution >= 0.6 is 0 Å². The summed E-state index contributed by atoms with van der Waals surface area (Å²) in [6.45, 7) is 0.846. The SMILES string of the molecule is Cn1cc2cc([N+](=O)[O-])c(N3CCCC(F)C3)cc2n1. The highest BCUT2D eigenvalue weighted by Gasteiger charge is 2.26. The van der Waals surface area contributed by atoms with E-state index < -0.39 is 11.1 Å². The second kappa shape index (κ2) is 4.73. The molecule has 1 aliphatic heterocycles. The molecule has 1 fully saturated rings. The van der Waals surface area contributed by atoms with E-state index in [1.807, 2.05) is 0 Å². The van der Waals surface area contributed by atoms with Gasteiger partial charge >= 0.3 is 0 Å². The Bertz CT molecular complexity index is 670. The van der Waals surface area contributed by atoms with Crippen molar-refractivity contribution in [1.29, 1.82) is 0 Å². The molecule has 1 aromatic carbocycles. The van der Waals surface area contributed by atoms with E-state index in [1.54, 1.807) is 28.9 Å². The summed E-state index contributed by atoms with van der Waals surface area (Å²) in [7, 11) is 1.77. The molecule has 1 saturated heterocycles. The fourth-order valence-corrected chi connectivity index (χ4v) is 2.72. The van der Waals surface area contributed by atoms with Crippen molar-refractivity contribution in [3.8, 4) is 0 Å². The zero-order chi connectivity index (χ0) is 14.3. The molecule has 0 spiro atoms. The lowest BCUT2D eigenvalue weighted by Gasteiger charge is -2.30. The highest BCUT2D eigenvalue weighted by atomic mass is 19.1. The van der Waals surface area contributed by atoms with Crippen molar-refractivity contribution in [1.82, 2.24) is 9.78 Å². The van der Waals surface area contributed by atoms with E-state index in [0.717, 1.165) is 5.39 Å². The van der Waals surface area contributed by atoms with Crippen molar-refractivity contribution in [2.75, 3.05) is 18.0 Å². The summed E-state index contributed by atoms with van der Waals surface area (Å²) in [5, 5.41) is 16.2. The first-order valence-corrected chi connectivity index (χ1v) is 6.55. The molecule has 7 heteroatoms. The summed E-state index contributed by atoms with van der Waals surface area (Å²) in [6, 6.07) is 3.20. The molecule has 1 aromatic heterocycles. The summed E-state index contributed by atoms with van der Waals surface area (Å²) in [5.41, 5.74) is 1.16. The molecule has 1 unspecified atom stereocenters. The highest BCUT2D eigenvalue weighted by molar-refractivity contribution is 5.87. The lowest BCUT2D eigenvalue weighted by atomic mass is 10.1. The van der Waals surface area contributed by atoms with E-state index in [2.05, 4.69) is 5.10 Å². The van der Waals surface area contributed by atoms with Crippen LogP contribution in [0, 0.1) is 10.1 Å². The number of hydrogen-bond donors (Lipinski definition) is 0. The van der Waals surface area contributed by atoms with Crippen molar-refractivity contribution in [2.24, 2.45) is 7.05 Å². The number of aromatic nitrogens is 2. The Morgan fingerprint density at radius 2 is 2.30 bits per heavy atom. The predicted molar refractivity (Wildman–Crippen MR) is 73.7 cm³/mol. The van der Waals surface area contributed by atoms with Gasteiger partial charge in [0.05, 0.1) is 10.4 Å². The minimum Gasteiger partial charge on any atom is -0.363 e. The maximum atomic E-state index is 13.5. The minimum absolute atomic E-state index is 0.0135. The van der Waals surface area contributed by atoms with Crippen LogP contribution in [0.4, 0.5) is 15.8 Å². The van der Waals surface area contributed by atoms with Gasteiger partial charge in [0.1, 0.15) is 11.9 Å². The average molecular weight is 278 g/mol. The van der Waals surface area contributed by atoms with Gasteiger partial charge in [-0.25, -0.2) is 4.39 Å². The molecule has 1 atom stereocenters. The number of hydrogen-bond acceptors (Lipinski definition) is 4. The third-order valence-corrected chi connectivity index (χ3v) is 3.62. The van der Waals surface area contributed by atoms with E-state index in [4.69, 9.17) is 0 Å². The van der Waals surface area contributed by atoms with Gasteiger partial charge in [-0.2, -0.15) is 5.10 Å². The lowest BCUT2D eigenvalue weighted by Crippen LogP contribution is -2.36. The van der Waals surface area contributed by atoms with E-state index in [1.165, 1.54) is 6.07 Å². The Kier molecular flexibility index (Phi) is 3.04. The number of rotatable bonds is 2. The fraction of sp³-hybridized carbons (Fsp3) is 0.462. The first-order chi connectivity index (χ1) is 9.54. The molecule has 2 heterocycles. The molecule has 0 amide bonds. The average Bonchev–Trinajstić information content (AvgIpc) is 2.76. The molecule has 0 aliphatic carbocycles. The number of anilines is 1. The maximum absolute atomic E-state index is 13.5. The Balaban J connectivity index is 2.11. The van der Waals surface area contributed by atoms with Crippen LogP contribution in [0.15, 0.2) is 18.3 Å². The number of nitrogens with zero attached hydrogens (tertiary/aromatic N) is 4. The molecule has 1 aliphatic rings. The van der Waals surface area contributed by atoms with Crippen LogP contribution in [0.3, 0.4) is 0 Å². The van der Waals surface area contributed by atoms with Crippen molar-refractivity contribution in [3.05, 3.63) is 28.4 Å². The summed E-state index contributed by atoms with van der Waals surface area (Å²) < 4.78 is 15.2. The number of fused-ring (bicyclic) bond motifs is 1.